The zero-order chi connectivity index (χ0) is 20.1. The van der Waals surface area contributed by atoms with Crippen LogP contribution >= 0.6 is 11.6 Å². The predicted octanol–water partition coefficient (Wildman–Crippen LogP) is 4.16. The van der Waals surface area contributed by atoms with Gasteiger partial charge in [0.1, 0.15) is 5.75 Å². The van der Waals surface area contributed by atoms with E-state index in [1.54, 1.807) is 0 Å². The lowest BCUT2D eigenvalue weighted by atomic mass is 10.2. The van der Waals surface area contributed by atoms with E-state index in [0.29, 0.717) is 6.61 Å². The number of aromatic amines is 1. The highest BCUT2D eigenvalue weighted by atomic mass is 35.5. The summed E-state index contributed by atoms with van der Waals surface area (Å²) in [4.78, 5) is 19.2. The van der Waals surface area contributed by atoms with Gasteiger partial charge < -0.3 is 14.6 Å². The van der Waals surface area contributed by atoms with Crippen LogP contribution in [0, 0.1) is 0 Å². The van der Waals surface area contributed by atoms with E-state index in [9.17, 15) is 4.79 Å². The Hall–Kier alpha value is -2.50. The molecule has 2 aromatic carbocycles. The third kappa shape index (κ3) is 5.31. The molecule has 0 aliphatic carbocycles. The maximum absolute atomic E-state index is 11.5. The molecule has 0 saturated carbocycles. The van der Waals surface area contributed by atoms with Gasteiger partial charge in [0.15, 0.2) is 0 Å². The molecule has 5 nitrogen and oxygen atoms in total. The average Bonchev–Trinajstić information content (AvgIpc) is 2.73. The summed E-state index contributed by atoms with van der Waals surface area (Å²) in [6.07, 6.45) is 2.12. The minimum atomic E-state index is -0.0925. The molecule has 0 unspecified atom stereocenters. The van der Waals surface area contributed by atoms with E-state index in [4.69, 9.17) is 16.3 Å². The van der Waals surface area contributed by atoms with Crippen LogP contribution in [0.25, 0.3) is 10.9 Å². The molecule has 0 bridgehead atoms. The zero-order valence-electron chi connectivity index (χ0n) is 16.4. The lowest BCUT2D eigenvalue weighted by Gasteiger charge is -2.36. The van der Waals surface area contributed by atoms with Crippen molar-refractivity contribution in [2.24, 2.45) is 0 Å². The fourth-order valence-corrected chi connectivity index (χ4v) is 3.93. The van der Waals surface area contributed by atoms with Crippen LogP contribution in [0.15, 0.2) is 59.4 Å². The second-order valence-corrected chi connectivity index (χ2v) is 7.87. The summed E-state index contributed by atoms with van der Waals surface area (Å²) in [6, 6.07) is 17.3. The van der Waals surface area contributed by atoms with Crippen LogP contribution in [0.4, 0.5) is 5.69 Å². The Morgan fingerprint density at radius 1 is 0.966 bits per heavy atom. The SMILES string of the molecule is O=c1ccc2ccc(OCCCCN3CCN(c4cccc(Cl)c4)CC3)cc2[nH]1. The maximum Gasteiger partial charge on any atom is 0.248 e. The Balaban J connectivity index is 1.17. The van der Waals surface area contributed by atoms with Gasteiger partial charge in [-0.15, -0.1) is 0 Å². The number of pyridine rings is 1. The molecule has 6 heteroatoms. The van der Waals surface area contributed by atoms with E-state index in [1.165, 1.54) is 11.8 Å². The van der Waals surface area contributed by atoms with Crippen molar-refractivity contribution in [1.82, 2.24) is 9.88 Å². The average molecular weight is 412 g/mol. The van der Waals surface area contributed by atoms with Crippen LogP contribution in [0.5, 0.6) is 5.75 Å². The number of unbranched alkanes of at least 4 members (excludes halogenated alkanes) is 1. The van der Waals surface area contributed by atoms with Gasteiger partial charge in [-0.25, -0.2) is 0 Å². The number of fused-ring (bicyclic) bond motifs is 1. The zero-order valence-corrected chi connectivity index (χ0v) is 17.2. The van der Waals surface area contributed by atoms with Crippen LogP contribution in [-0.4, -0.2) is 49.2 Å². The molecule has 0 radical (unpaired) electrons. The number of nitrogens with one attached hydrogen (secondary N) is 1. The van der Waals surface area contributed by atoms with Gasteiger partial charge in [0.2, 0.25) is 5.56 Å². The third-order valence-electron chi connectivity index (χ3n) is 5.38. The maximum atomic E-state index is 11.5. The first-order valence-corrected chi connectivity index (χ1v) is 10.5. The minimum Gasteiger partial charge on any atom is -0.494 e. The largest absolute Gasteiger partial charge is 0.494 e. The van der Waals surface area contributed by atoms with Crippen LogP contribution < -0.4 is 15.2 Å². The molecule has 0 amide bonds. The number of piperazine rings is 1. The van der Waals surface area contributed by atoms with Crippen molar-refractivity contribution in [3.8, 4) is 5.75 Å². The van der Waals surface area contributed by atoms with Gasteiger partial charge in [-0.2, -0.15) is 0 Å². The summed E-state index contributed by atoms with van der Waals surface area (Å²) in [5.74, 6) is 0.800. The molecule has 152 valence electrons. The summed E-state index contributed by atoms with van der Waals surface area (Å²) in [5, 5.41) is 1.80. The molecule has 1 aliphatic heterocycles. The van der Waals surface area contributed by atoms with E-state index in [-0.39, 0.29) is 5.56 Å². The van der Waals surface area contributed by atoms with Crippen LogP contribution in [0.1, 0.15) is 12.8 Å². The number of H-pyrrole nitrogens is 1. The van der Waals surface area contributed by atoms with Gasteiger partial charge in [0.05, 0.1) is 12.1 Å². The standard InChI is InChI=1S/C23H26ClN3O2/c24-19-4-3-5-20(16-19)27-13-11-26(12-14-27)10-1-2-15-29-21-8-6-18-7-9-23(28)25-22(18)17-21/h3-9,16-17H,1-2,10-15H2,(H,25,28). The lowest BCUT2D eigenvalue weighted by molar-refractivity contribution is 0.238. The number of benzene rings is 2. The van der Waals surface area contributed by atoms with Crippen molar-refractivity contribution >= 4 is 28.2 Å². The first-order valence-electron chi connectivity index (χ1n) is 10.2. The molecule has 0 atom stereocenters. The quantitative estimate of drug-likeness (QED) is 0.593. The number of hydrogen-bond acceptors (Lipinski definition) is 4. The molecule has 1 aromatic heterocycles. The van der Waals surface area contributed by atoms with Crippen molar-refractivity contribution in [3.05, 3.63) is 70.0 Å². The summed E-state index contributed by atoms with van der Waals surface area (Å²) in [7, 11) is 0. The topological polar surface area (TPSA) is 48.6 Å². The number of rotatable bonds is 7. The van der Waals surface area contributed by atoms with Crippen molar-refractivity contribution in [1.29, 1.82) is 0 Å². The Morgan fingerprint density at radius 3 is 2.62 bits per heavy atom. The number of aromatic nitrogens is 1. The molecule has 0 spiro atoms. The summed E-state index contributed by atoms with van der Waals surface area (Å²) in [5.41, 5.74) is 1.93. The van der Waals surface area contributed by atoms with Gasteiger partial charge in [-0.3, -0.25) is 9.69 Å². The Bertz CT molecular complexity index is 1010. The third-order valence-corrected chi connectivity index (χ3v) is 5.62. The number of ether oxygens (including phenoxy) is 1. The van der Waals surface area contributed by atoms with Crippen molar-refractivity contribution in [2.45, 2.75) is 12.8 Å². The fourth-order valence-electron chi connectivity index (χ4n) is 3.75. The van der Waals surface area contributed by atoms with Gasteiger partial charge in [-0.1, -0.05) is 17.7 Å². The molecular weight excluding hydrogens is 386 g/mol. The van der Waals surface area contributed by atoms with Crippen molar-refractivity contribution in [2.75, 3.05) is 44.2 Å². The second kappa shape index (κ2) is 9.33. The lowest BCUT2D eigenvalue weighted by Crippen LogP contribution is -2.46. The highest BCUT2D eigenvalue weighted by molar-refractivity contribution is 6.30. The second-order valence-electron chi connectivity index (χ2n) is 7.44. The van der Waals surface area contributed by atoms with Gasteiger partial charge >= 0.3 is 0 Å². The van der Waals surface area contributed by atoms with Crippen LogP contribution in [0.2, 0.25) is 5.02 Å². The number of hydrogen-bond donors (Lipinski definition) is 1. The molecule has 4 rings (SSSR count). The van der Waals surface area contributed by atoms with E-state index in [0.717, 1.165) is 67.2 Å². The van der Waals surface area contributed by atoms with E-state index in [1.807, 2.05) is 42.5 Å². The van der Waals surface area contributed by atoms with E-state index in [2.05, 4.69) is 20.9 Å². The fraction of sp³-hybridized carbons (Fsp3) is 0.348. The summed E-state index contributed by atoms with van der Waals surface area (Å²) >= 11 is 6.11. The van der Waals surface area contributed by atoms with Crippen LogP contribution in [0.3, 0.4) is 0 Å². The number of halogens is 1. The smallest absolute Gasteiger partial charge is 0.248 e. The van der Waals surface area contributed by atoms with E-state index < -0.39 is 0 Å². The summed E-state index contributed by atoms with van der Waals surface area (Å²) < 4.78 is 5.87. The highest BCUT2D eigenvalue weighted by Crippen LogP contribution is 2.21. The molecule has 2 heterocycles. The molecule has 29 heavy (non-hydrogen) atoms. The molecule has 1 aliphatic rings. The first kappa shape index (κ1) is 19.8. The normalized spacial score (nSPS) is 15.0. The number of nitrogens with zero attached hydrogens (tertiary/aromatic N) is 2. The Labute approximate surface area is 175 Å². The molecule has 1 N–H and O–H groups in total. The minimum absolute atomic E-state index is 0.0925. The predicted molar refractivity (Wildman–Crippen MR) is 119 cm³/mol. The van der Waals surface area contributed by atoms with Gasteiger partial charge in [-0.05, 0) is 61.2 Å². The molecule has 3 aromatic rings. The molecule has 1 saturated heterocycles. The molecular formula is C23H26ClN3O2. The van der Waals surface area contributed by atoms with Crippen molar-refractivity contribution in [3.63, 3.8) is 0 Å². The van der Waals surface area contributed by atoms with Crippen LogP contribution in [-0.2, 0) is 0 Å². The number of anilines is 1. The Kier molecular flexibility index (Phi) is 6.37. The van der Waals surface area contributed by atoms with E-state index >= 15 is 0 Å². The first-order chi connectivity index (χ1) is 14.2. The summed E-state index contributed by atoms with van der Waals surface area (Å²) in [6.45, 7) is 6.00. The highest BCUT2D eigenvalue weighted by Gasteiger charge is 2.16. The van der Waals surface area contributed by atoms with Crippen molar-refractivity contribution < 1.29 is 4.74 Å². The Morgan fingerprint density at radius 2 is 1.79 bits per heavy atom. The van der Waals surface area contributed by atoms with Gasteiger partial charge in [0.25, 0.3) is 0 Å². The van der Waals surface area contributed by atoms with Gasteiger partial charge in [0, 0.05) is 49.0 Å². The monoisotopic (exact) mass is 411 g/mol. The molecule has 1 fully saturated rings.